The number of likely N-dealkylation sites (N-methyl/N-ethyl adjacent to an activating group) is 1. The lowest BCUT2D eigenvalue weighted by molar-refractivity contribution is -0.384. The van der Waals surface area contributed by atoms with Crippen molar-refractivity contribution in [3.63, 3.8) is 0 Å². The average Bonchev–Trinajstić information content (AvgIpc) is 2.87. The SMILES string of the molecule is CCNCCc1ncc(-c2cc(Cl)cc([N+](=O)[O-])c2)o1. The third kappa shape index (κ3) is 3.55. The van der Waals surface area contributed by atoms with Crippen LogP contribution in [0.1, 0.15) is 12.8 Å². The van der Waals surface area contributed by atoms with Gasteiger partial charge in [0.15, 0.2) is 11.7 Å². The van der Waals surface area contributed by atoms with Gasteiger partial charge in [-0.2, -0.15) is 0 Å². The standard InChI is InChI=1S/C13H14ClN3O3/c1-2-15-4-3-13-16-8-12(20-13)9-5-10(14)7-11(6-9)17(18)19/h5-8,15H,2-4H2,1H3. The zero-order chi connectivity index (χ0) is 14.5. The quantitative estimate of drug-likeness (QED) is 0.503. The normalized spacial score (nSPS) is 10.7. The first-order chi connectivity index (χ1) is 9.60. The Morgan fingerprint density at radius 1 is 1.45 bits per heavy atom. The van der Waals surface area contributed by atoms with E-state index in [0.717, 1.165) is 13.1 Å². The maximum atomic E-state index is 10.8. The molecule has 1 N–H and O–H groups in total. The van der Waals surface area contributed by atoms with E-state index in [-0.39, 0.29) is 5.69 Å². The highest BCUT2D eigenvalue weighted by atomic mass is 35.5. The maximum Gasteiger partial charge on any atom is 0.271 e. The van der Waals surface area contributed by atoms with Crippen molar-refractivity contribution in [1.82, 2.24) is 10.3 Å². The van der Waals surface area contributed by atoms with Crippen molar-refractivity contribution < 1.29 is 9.34 Å². The molecule has 0 unspecified atom stereocenters. The van der Waals surface area contributed by atoms with Crippen LogP contribution >= 0.6 is 11.6 Å². The summed E-state index contributed by atoms with van der Waals surface area (Å²) < 4.78 is 5.57. The van der Waals surface area contributed by atoms with Crippen LogP contribution in [0.4, 0.5) is 5.69 Å². The number of halogens is 1. The minimum Gasteiger partial charge on any atom is -0.441 e. The lowest BCUT2D eigenvalue weighted by Crippen LogP contribution is -2.16. The molecular weight excluding hydrogens is 282 g/mol. The fraction of sp³-hybridized carbons (Fsp3) is 0.308. The third-order valence-corrected chi connectivity index (χ3v) is 2.92. The van der Waals surface area contributed by atoms with Crippen LogP contribution in [0, 0.1) is 10.1 Å². The summed E-state index contributed by atoms with van der Waals surface area (Å²) in [7, 11) is 0. The van der Waals surface area contributed by atoms with Crippen molar-refractivity contribution in [2.45, 2.75) is 13.3 Å². The van der Waals surface area contributed by atoms with Crippen LogP contribution in [0.15, 0.2) is 28.8 Å². The van der Waals surface area contributed by atoms with Crippen LogP contribution < -0.4 is 5.32 Å². The molecule has 106 valence electrons. The van der Waals surface area contributed by atoms with Gasteiger partial charge in [0.25, 0.3) is 5.69 Å². The van der Waals surface area contributed by atoms with Gasteiger partial charge in [-0.05, 0) is 12.6 Å². The number of rotatable bonds is 6. The average molecular weight is 296 g/mol. The Morgan fingerprint density at radius 3 is 2.95 bits per heavy atom. The molecule has 0 saturated carbocycles. The first kappa shape index (κ1) is 14.5. The Balaban J connectivity index is 2.21. The molecule has 1 aromatic heterocycles. The van der Waals surface area contributed by atoms with Crippen molar-refractivity contribution in [2.24, 2.45) is 0 Å². The molecule has 0 bridgehead atoms. The number of nitro benzene ring substituents is 1. The highest BCUT2D eigenvalue weighted by molar-refractivity contribution is 6.31. The van der Waals surface area contributed by atoms with Crippen LogP contribution in [-0.4, -0.2) is 23.0 Å². The molecule has 0 spiro atoms. The minimum atomic E-state index is -0.488. The van der Waals surface area contributed by atoms with Crippen molar-refractivity contribution in [1.29, 1.82) is 0 Å². The summed E-state index contributed by atoms with van der Waals surface area (Å²) in [5, 5.41) is 14.3. The number of oxazole rings is 1. The van der Waals surface area contributed by atoms with Gasteiger partial charge in [0.05, 0.1) is 11.1 Å². The van der Waals surface area contributed by atoms with Gasteiger partial charge < -0.3 is 9.73 Å². The molecular formula is C13H14ClN3O3. The topological polar surface area (TPSA) is 81.2 Å². The number of hydrogen-bond acceptors (Lipinski definition) is 5. The lowest BCUT2D eigenvalue weighted by Gasteiger charge is -1.99. The molecule has 0 aliphatic carbocycles. The zero-order valence-corrected chi connectivity index (χ0v) is 11.7. The Kier molecular flexibility index (Phi) is 4.70. The number of non-ortho nitro benzene ring substituents is 1. The summed E-state index contributed by atoms with van der Waals surface area (Å²) in [6.45, 7) is 3.67. The van der Waals surface area contributed by atoms with Gasteiger partial charge in [-0.25, -0.2) is 4.98 Å². The summed E-state index contributed by atoms with van der Waals surface area (Å²) in [4.78, 5) is 14.5. The summed E-state index contributed by atoms with van der Waals surface area (Å²) in [6, 6.07) is 4.33. The molecule has 2 aromatic rings. The highest BCUT2D eigenvalue weighted by Crippen LogP contribution is 2.28. The van der Waals surface area contributed by atoms with Gasteiger partial charge in [0, 0.05) is 35.7 Å². The number of aromatic nitrogens is 1. The monoisotopic (exact) mass is 295 g/mol. The molecule has 6 nitrogen and oxygen atoms in total. The minimum absolute atomic E-state index is 0.0712. The predicted molar refractivity (Wildman–Crippen MR) is 75.9 cm³/mol. The van der Waals surface area contributed by atoms with E-state index in [9.17, 15) is 10.1 Å². The second-order valence-corrected chi connectivity index (χ2v) is 4.61. The first-order valence-corrected chi connectivity index (χ1v) is 6.58. The molecule has 0 aliphatic rings. The van der Waals surface area contributed by atoms with E-state index in [1.54, 1.807) is 12.3 Å². The molecule has 0 saturated heterocycles. The van der Waals surface area contributed by atoms with Crippen molar-refractivity contribution >= 4 is 17.3 Å². The molecule has 0 aliphatic heterocycles. The summed E-state index contributed by atoms with van der Waals surface area (Å²) in [5.41, 5.74) is 0.476. The van der Waals surface area contributed by atoms with Crippen LogP contribution in [0.25, 0.3) is 11.3 Å². The Morgan fingerprint density at radius 2 is 2.25 bits per heavy atom. The Labute approximate surface area is 120 Å². The van der Waals surface area contributed by atoms with E-state index in [4.69, 9.17) is 16.0 Å². The van der Waals surface area contributed by atoms with Crippen molar-refractivity contribution in [3.8, 4) is 11.3 Å². The second-order valence-electron chi connectivity index (χ2n) is 4.18. The largest absolute Gasteiger partial charge is 0.441 e. The van der Waals surface area contributed by atoms with Gasteiger partial charge in [-0.15, -0.1) is 0 Å². The molecule has 0 amide bonds. The summed E-state index contributed by atoms with van der Waals surface area (Å²) in [6.07, 6.45) is 2.22. The maximum absolute atomic E-state index is 10.8. The Hall–Kier alpha value is -1.92. The van der Waals surface area contributed by atoms with E-state index in [0.29, 0.717) is 28.7 Å². The Bertz CT molecular complexity index is 613. The number of nitrogens with zero attached hydrogens (tertiary/aromatic N) is 2. The van der Waals surface area contributed by atoms with Gasteiger partial charge >= 0.3 is 0 Å². The molecule has 1 heterocycles. The number of nitrogens with one attached hydrogen (secondary N) is 1. The fourth-order valence-corrected chi connectivity index (χ4v) is 1.98. The van der Waals surface area contributed by atoms with E-state index >= 15 is 0 Å². The molecule has 2 rings (SSSR count). The van der Waals surface area contributed by atoms with E-state index in [1.807, 2.05) is 6.92 Å². The van der Waals surface area contributed by atoms with Crippen LogP contribution in [0.3, 0.4) is 0 Å². The van der Waals surface area contributed by atoms with E-state index in [2.05, 4.69) is 10.3 Å². The third-order valence-electron chi connectivity index (χ3n) is 2.70. The highest BCUT2D eigenvalue weighted by Gasteiger charge is 2.13. The van der Waals surface area contributed by atoms with Crippen LogP contribution in [0.5, 0.6) is 0 Å². The number of nitro groups is 1. The van der Waals surface area contributed by atoms with Crippen molar-refractivity contribution in [3.05, 3.63) is 45.4 Å². The summed E-state index contributed by atoms with van der Waals surface area (Å²) in [5.74, 6) is 1.06. The zero-order valence-electron chi connectivity index (χ0n) is 10.9. The predicted octanol–water partition coefficient (Wildman–Crippen LogP) is 3.06. The number of benzene rings is 1. The second kappa shape index (κ2) is 6.49. The molecule has 7 heteroatoms. The van der Waals surface area contributed by atoms with E-state index in [1.165, 1.54) is 12.1 Å². The van der Waals surface area contributed by atoms with Crippen LogP contribution in [0.2, 0.25) is 5.02 Å². The molecule has 0 radical (unpaired) electrons. The van der Waals surface area contributed by atoms with Gasteiger partial charge in [-0.3, -0.25) is 10.1 Å². The van der Waals surface area contributed by atoms with Gasteiger partial charge in [-0.1, -0.05) is 18.5 Å². The van der Waals surface area contributed by atoms with Gasteiger partial charge in [0.1, 0.15) is 0 Å². The van der Waals surface area contributed by atoms with E-state index < -0.39 is 4.92 Å². The van der Waals surface area contributed by atoms with Crippen molar-refractivity contribution in [2.75, 3.05) is 13.1 Å². The first-order valence-electron chi connectivity index (χ1n) is 6.21. The smallest absolute Gasteiger partial charge is 0.271 e. The molecule has 1 aromatic carbocycles. The summed E-state index contributed by atoms with van der Waals surface area (Å²) >= 11 is 5.88. The van der Waals surface area contributed by atoms with Crippen LogP contribution in [-0.2, 0) is 6.42 Å². The molecule has 0 atom stereocenters. The fourth-order valence-electron chi connectivity index (χ4n) is 1.75. The molecule has 0 fully saturated rings. The molecule has 20 heavy (non-hydrogen) atoms. The number of hydrogen-bond donors (Lipinski definition) is 1. The lowest BCUT2D eigenvalue weighted by atomic mass is 10.1. The van der Waals surface area contributed by atoms with Gasteiger partial charge in [0.2, 0.25) is 0 Å².